The summed E-state index contributed by atoms with van der Waals surface area (Å²) in [5.41, 5.74) is 6.93. The normalized spacial score (nSPS) is 20.5. The van der Waals surface area contributed by atoms with Crippen LogP contribution in [0.25, 0.3) is 0 Å². The third kappa shape index (κ3) is 4.18. The summed E-state index contributed by atoms with van der Waals surface area (Å²) in [6, 6.07) is 0.597. The van der Waals surface area contributed by atoms with Crippen molar-refractivity contribution >= 4 is 17.3 Å². The van der Waals surface area contributed by atoms with Crippen LogP contribution in [0.4, 0.5) is 0 Å². The third-order valence-corrected chi connectivity index (χ3v) is 4.78. The van der Waals surface area contributed by atoms with Gasteiger partial charge in [-0.1, -0.05) is 13.8 Å². The molecule has 1 aliphatic heterocycles. The zero-order valence-electron chi connectivity index (χ0n) is 12.4. The number of likely N-dealkylation sites (N-methyl/N-ethyl adjacent to an activating group) is 1. The zero-order valence-corrected chi connectivity index (χ0v) is 13.2. The Kier molecular flexibility index (Phi) is 5.79. The van der Waals surface area contributed by atoms with Crippen molar-refractivity contribution in [3.05, 3.63) is 16.1 Å². The summed E-state index contributed by atoms with van der Waals surface area (Å²) >= 11 is 1.69. The largest absolute Gasteiger partial charge is 0.370 e. The van der Waals surface area contributed by atoms with E-state index < -0.39 is 0 Å². The highest BCUT2D eigenvalue weighted by molar-refractivity contribution is 7.09. The second-order valence-corrected chi connectivity index (χ2v) is 6.04. The third-order valence-electron chi connectivity index (χ3n) is 3.74. The molecule has 3 N–H and O–H groups in total. The van der Waals surface area contributed by atoms with Gasteiger partial charge in [-0.3, -0.25) is 4.90 Å². The zero-order chi connectivity index (χ0) is 14.4. The highest BCUT2D eigenvalue weighted by Gasteiger charge is 2.22. The predicted octanol–water partition coefficient (Wildman–Crippen LogP) is 1.59. The maximum absolute atomic E-state index is 5.92. The van der Waals surface area contributed by atoms with E-state index in [-0.39, 0.29) is 0 Å². The summed E-state index contributed by atoms with van der Waals surface area (Å²) in [4.78, 5) is 11.3. The Morgan fingerprint density at radius 3 is 3.15 bits per heavy atom. The molecule has 0 amide bonds. The first-order valence-electron chi connectivity index (χ1n) is 7.44. The molecule has 0 radical (unpaired) electrons. The summed E-state index contributed by atoms with van der Waals surface area (Å²) in [6.45, 7) is 8.10. The maximum Gasteiger partial charge on any atom is 0.189 e. The Balaban J connectivity index is 1.76. The summed E-state index contributed by atoms with van der Waals surface area (Å²) < 4.78 is 0. The fraction of sp³-hybridized carbons (Fsp3) is 0.714. The highest BCUT2D eigenvalue weighted by atomic mass is 32.1. The molecule has 5 nitrogen and oxygen atoms in total. The van der Waals surface area contributed by atoms with Gasteiger partial charge in [0, 0.05) is 18.0 Å². The van der Waals surface area contributed by atoms with Gasteiger partial charge in [0.2, 0.25) is 0 Å². The number of rotatable bonds is 6. The van der Waals surface area contributed by atoms with Gasteiger partial charge >= 0.3 is 0 Å². The summed E-state index contributed by atoms with van der Waals surface area (Å²) in [7, 11) is 0. The van der Waals surface area contributed by atoms with Crippen molar-refractivity contribution in [2.24, 2.45) is 10.7 Å². The number of aliphatic imine (C=N–C) groups is 1. The van der Waals surface area contributed by atoms with Crippen LogP contribution in [0.1, 0.15) is 37.4 Å². The lowest BCUT2D eigenvalue weighted by Gasteiger charge is -2.23. The van der Waals surface area contributed by atoms with Crippen LogP contribution in [-0.4, -0.2) is 41.5 Å². The van der Waals surface area contributed by atoms with E-state index in [2.05, 4.69) is 39.4 Å². The maximum atomic E-state index is 5.92. The van der Waals surface area contributed by atoms with Gasteiger partial charge in [-0.2, -0.15) is 0 Å². The molecule has 20 heavy (non-hydrogen) atoms. The summed E-state index contributed by atoms with van der Waals surface area (Å²) in [5.74, 6) is 0.527. The summed E-state index contributed by atoms with van der Waals surface area (Å²) in [6.07, 6.45) is 3.52. The standard InChI is InChI=1S/C14H25N5S/c1-3-13-18-11(10-20-13)8-16-14(15)17-9-12-6-5-7-19(12)4-2/h10,12H,3-9H2,1-2H3,(H3,15,16,17). The number of hydrogen-bond donors (Lipinski definition) is 2. The molecule has 2 rings (SSSR count). The van der Waals surface area contributed by atoms with Crippen LogP contribution < -0.4 is 11.1 Å². The van der Waals surface area contributed by atoms with E-state index in [1.165, 1.54) is 19.4 Å². The van der Waals surface area contributed by atoms with Crippen molar-refractivity contribution in [3.8, 4) is 0 Å². The number of nitrogens with two attached hydrogens (primary N) is 1. The molecule has 1 fully saturated rings. The van der Waals surface area contributed by atoms with Crippen molar-refractivity contribution in [2.45, 2.75) is 45.7 Å². The van der Waals surface area contributed by atoms with E-state index in [4.69, 9.17) is 5.73 Å². The molecule has 0 aliphatic carbocycles. The molecule has 1 saturated heterocycles. The minimum atomic E-state index is 0.527. The number of thiazole rings is 1. The van der Waals surface area contributed by atoms with Crippen LogP contribution in [0.15, 0.2) is 10.4 Å². The molecule has 1 aromatic heterocycles. The predicted molar refractivity (Wildman–Crippen MR) is 85.1 cm³/mol. The molecule has 0 spiro atoms. The van der Waals surface area contributed by atoms with E-state index >= 15 is 0 Å². The Morgan fingerprint density at radius 1 is 1.60 bits per heavy atom. The van der Waals surface area contributed by atoms with Crippen LogP contribution >= 0.6 is 11.3 Å². The van der Waals surface area contributed by atoms with Gasteiger partial charge in [-0.25, -0.2) is 9.98 Å². The van der Waals surface area contributed by atoms with Gasteiger partial charge in [-0.15, -0.1) is 11.3 Å². The van der Waals surface area contributed by atoms with Crippen LogP contribution in [0, 0.1) is 0 Å². The van der Waals surface area contributed by atoms with Gasteiger partial charge < -0.3 is 11.1 Å². The van der Waals surface area contributed by atoms with Crippen LogP contribution in [0.2, 0.25) is 0 Å². The Hall–Kier alpha value is -1.14. The van der Waals surface area contributed by atoms with E-state index in [9.17, 15) is 0 Å². The number of nitrogens with one attached hydrogen (secondary N) is 1. The average Bonchev–Trinajstić information content (AvgIpc) is 3.11. The van der Waals surface area contributed by atoms with E-state index in [1.54, 1.807) is 11.3 Å². The van der Waals surface area contributed by atoms with E-state index in [0.29, 0.717) is 18.5 Å². The first-order valence-corrected chi connectivity index (χ1v) is 8.32. The van der Waals surface area contributed by atoms with Crippen molar-refractivity contribution in [3.63, 3.8) is 0 Å². The van der Waals surface area contributed by atoms with Gasteiger partial charge in [0.25, 0.3) is 0 Å². The second-order valence-electron chi connectivity index (χ2n) is 5.09. The quantitative estimate of drug-likeness (QED) is 0.618. The number of aromatic nitrogens is 1. The van der Waals surface area contributed by atoms with Gasteiger partial charge in [0.05, 0.1) is 17.2 Å². The van der Waals surface area contributed by atoms with E-state index in [0.717, 1.165) is 30.2 Å². The van der Waals surface area contributed by atoms with Crippen molar-refractivity contribution in [2.75, 3.05) is 19.6 Å². The van der Waals surface area contributed by atoms with Crippen LogP contribution in [-0.2, 0) is 13.0 Å². The van der Waals surface area contributed by atoms with Gasteiger partial charge in [0.15, 0.2) is 5.96 Å². The fourth-order valence-electron chi connectivity index (χ4n) is 2.57. The average molecular weight is 295 g/mol. The summed E-state index contributed by atoms with van der Waals surface area (Å²) in [5, 5.41) is 6.46. The lowest BCUT2D eigenvalue weighted by Crippen LogP contribution is -2.42. The molecule has 6 heteroatoms. The number of likely N-dealkylation sites (tertiary alicyclic amines) is 1. The lowest BCUT2D eigenvalue weighted by molar-refractivity contribution is 0.267. The minimum Gasteiger partial charge on any atom is -0.370 e. The molecule has 1 atom stereocenters. The Bertz CT molecular complexity index is 443. The first kappa shape index (κ1) is 15.3. The minimum absolute atomic E-state index is 0.527. The Labute approximate surface area is 125 Å². The highest BCUT2D eigenvalue weighted by Crippen LogP contribution is 2.15. The van der Waals surface area contributed by atoms with Crippen LogP contribution in [0.5, 0.6) is 0 Å². The Morgan fingerprint density at radius 2 is 2.45 bits per heavy atom. The number of guanidine groups is 1. The smallest absolute Gasteiger partial charge is 0.189 e. The molecular weight excluding hydrogens is 270 g/mol. The molecule has 0 aromatic carbocycles. The molecule has 2 heterocycles. The number of nitrogens with zero attached hydrogens (tertiary/aromatic N) is 3. The van der Waals surface area contributed by atoms with E-state index in [1.807, 2.05) is 0 Å². The van der Waals surface area contributed by atoms with Crippen LogP contribution in [0.3, 0.4) is 0 Å². The molecule has 0 saturated carbocycles. The topological polar surface area (TPSA) is 66.5 Å². The number of hydrogen-bond acceptors (Lipinski definition) is 4. The monoisotopic (exact) mass is 295 g/mol. The van der Waals surface area contributed by atoms with Crippen molar-refractivity contribution in [1.82, 2.24) is 15.2 Å². The SMILES string of the molecule is CCc1nc(CN=C(N)NCC2CCCN2CC)cs1. The number of aryl methyl sites for hydroxylation is 1. The molecule has 1 unspecified atom stereocenters. The van der Waals surface area contributed by atoms with Crippen molar-refractivity contribution in [1.29, 1.82) is 0 Å². The molecule has 1 aromatic rings. The molecular formula is C14H25N5S. The first-order chi connectivity index (χ1) is 9.72. The van der Waals surface area contributed by atoms with Gasteiger partial charge in [0.1, 0.15) is 0 Å². The lowest BCUT2D eigenvalue weighted by atomic mass is 10.2. The second kappa shape index (κ2) is 7.59. The fourth-order valence-corrected chi connectivity index (χ4v) is 3.31. The van der Waals surface area contributed by atoms with Crippen molar-refractivity contribution < 1.29 is 0 Å². The molecule has 112 valence electrons. The molecule has 1 aliphatic rings. The molecule has 0 bridgehead atoms. The van der Waals surface area contributed by atoms with Gasteiger partial charge in [-0.05, 0) is 32.4 Å².